The fourth-order valence-electron chi connectivity index (χ4n) is 7.18. The summed E-state index contributed by atoms with van der Waals surface area (Å²) < 4.78 is 19.8. The molecular formula is C35H45BrN9O2P. The highest BCUT2D eigenvalue weighted by Crippen LogP contribution is 2.42. The highest BCUT2D eigenvalue weighted by Gasteiger charge is 2.30. The van der Waals surface area contributed by atoms with E-state index in [0.717, 1.165) is 25.2 Å². The van der Waals surface area contributed by atoms with Crippen molar-refractivity contribution in [2.45, 2.75) is 38.1 Å². The maximum Gasteiger partial charge on any atom is 0.229 e. The molecule has 4 aromatic rings. The van der Waals surface area contributed by atoms with Crippen molar-refractivity contribution in [1.82, 2.24) is 29.7 Å². The molecule has 3 aliphatic rings. The first-order valence-corrected chi connectivity index (χ1v) is 20.3. The molecule has 0 aliphatic carbocycles. The van der Waals surface area contributed by atoms with Crippen LogP contribution >= 0.6 is 23.1 Å². The number of fused-ring (bicyclic) bond motifs is 1. The van der Waals surface area contributed by atoms with E-state index in [1.165, 1.54) is 55.8 Å². The number of ether oxygens (including phenoxy) is 1. The number of nitrogens with zero attached hydrogens (tertiary/aromatic N) is 7. The zero-order chi connectivity index (χ0) is 33.4. The number of nitrogens with one attached hydrogen (secondary N) is 2. The number of piperidine rings is 1. The molecule has 0 amide bonds. The Labute approximate surface area is 291 Å². The molecule has 2 aromatic carbocycles. The van der Waals surface area contributed by atoms with Gasteiger partial charge in [0.15, 0.2) is 0 Å². The third kappa shape index (κ3) is 6.96. The first-order chi connectivity index (χ1) is 23.2. The van der Waals surface area contributed by atoms with Crippen molar-refractivity contribution in [2.75, 3.05) is 88.4 Å². The van der Waals surface area contributed by atoms with E-state index in [1.807, 2.05) is 12.1 Å². The maximum atomic E-state index is 13.5. The number of aryl methyl sites for hydroxylation is 1. The smallest absolute Gasteiger partial charge is 0.229 e. The SMILES string of the molecule is CCc1cc(Nc2ncc(Br)c(Nc3ccc4nccnc4c3P(C)(C)=O)n2)c(C2COC2)cc1N1CCC(N2CCN(C)CC2)CC1. The number of likely N-dealkylation sites (N-methyl/N-ethyl adjacent to an activating group) is 1. The highest BCUT2D eigenvalue weighted by atomic mass is 79.9. The minimum Gasteiger partial charge on any atom is -0.380 e. The number of rotatable bonds is 9. The van der Waals surface area contributed by atoms with Crippen molar-refractivity contribution in [3.05, 3.63) is 58.5 Å². The first kappa shape index (κ1) is 33.4. The predicted molar refractivity (Wildman–Crippen MR) is 199 cm³/mol. The van der Waals surface area contributed by atoms with Crippen molar-refractivity contribution in [3.8, 4) is 0 Å². The van der Waals surface area contributed by atoms with Crippen LogP contribution in [0.3, 0.4) is 0 Å². The molecular weight excluding hydrogens is 689 g/mol. The van der Waals surface area contributed by atoms with Crippen LogP contribution in [0.5, 0.6) is 0 Å². The Hall–Kier alpha value is -3.15. The molecule has 0 bridgehead atoms. The van der Waals surface area contributed by atoms with Crippen LogP contribution in [0.2, 0.25) is 0 Å². The predicted octanol–water partition coefficient (Wildman–Crippen LogP) is 5.81. The van der Waals surface area contributed by atoms with Gasteiger partial charge in [0.25, 0.3) is 0 Å². The quantitative estimate of drug-likeness (QED) is 0.203. The molecule has 13 heteroatoms. The van der Waals surface area contributed by atoms with E-state index in [9.17, 15) is 4.57 Å². The molecule has 254 valence electrons. The number of anilines is 5. The second kappa shape index (κ2) is 14.0. The molecule has 0 unspecified atom stereocenters. The summed E-state index contributed by atoms with van der Waals surface area (Å²) in [6.45, 7) is 14.0. The zero-order valence-electron chi connectivity index (χ0n) is 28.2. The van der Waals surface area contributed by atoms with Crippen molar-refractivity contribution in [3.63, 3.8) is 0 Å². The third-order valence-electron chi connectivity index (χ3n) is 9.97. The van der Waals surface area contributed by atoms with E-state index >= 15 is 0 Å². The number of aromatic nitrogens is 4. The summed E-state index contributed by atoms with van der Waals surface area (Å²) in [5, 5.41) is 7.63. The molecule has 0 saturated carbocycles. The molecule has 3 saturated heterocycles. The van der Waals surface area contributed by atoms with E-state index < -0.39 is 7.14 Å². The van der Waals surface area contributed by atoms with Gasteiger partial charge >= 0.3 is 0 Å². The van der Waals surface area contributed by atoms with Gasteiger partial charge < -0.3 is 29.7 Å². The maximum absolute atomic E-state index is 13.5. The minimum atomic E-state index is -2.73. The second-order valence-electron chi connectivity index (χ2n) is 13.6. The fraction of sp³-hybridized carbons (Fsp3) is 0.486. The van der Waals surface area contributed by atoms with E-state index in [1.54, 1.807) is 31.9 Å². The number of hydrogen-bond acceptors (Lipinski definition) is 11. The van der Waals surface area contributed by atoms with Crippen LogP contribution < -0.4 is 20.8 Å². The minimum absolute atomic E-state index is 0.317. The summed E-state index contributed by atoms with van der Waals surface area (Å²) in [4.78, 5) is 26.2. The van der Waals surface area contributed by atoms with Crippen LogP contribution in [0.15, 0.2) is 47.3 Å². The summed E-state index contributed by atoms with van der Waals surface area (Å²) in [5.41, 5.74) is 6.93. The van der Waals surface area contributed by atoms with E-state index in [-0.39, 0.29) is 0 Å². The Morgan fingerprint density at radius 3 is 2.40 bits per heavy atom. The Morgan fingerprint density at radius 1 is 0.958 bits per heavy atom. The second-order valence-corrected chi connectivity index (χ2v) is 17.6. The van der Waals surface area contributed by atoms with Gasteiger partial charge in [-0.3, -0.25) is 14.9 Å². The Kier molecular flexibility index (Phi) is 9.72. The van der Waals surface area contributed by atoms with E-state index in [2.05, 4.69) is 82.3 Å². The summed E-state index contributed by atoms with van der Waals surface area (Å²) in [6, 6.07) is 9.14. The van der Waals surface area contributed by atoms with Crippen LogP contribution in [0, 0.1) is 0 Å². The van der Waals surface area contributed by atoms with Gasteiger partial charge in [-0.1, -0.05) is 6.92 Å². The molecule has 7 rings (SSSR count). The van der Waals surface area contributed by atoms with E-state index in [0.29, 0.717) is 63.4 Å². The monoisotopic (exact) mass is 733 g/mol. The van der Waals surface area contributed by atoms with E-state index in [4.69, 9.17) is 9.72 Å². The van der Waals surface area contributed by atoms with Gasteiger partial charge in [-0.05, 0) is 91.0 Å². The van der Waals surface area contributed by atoms with Crippen molar-refractivity contribution < 1.29 is 9.30 Å². The van der Waals surface area contributed by atoms with Gasteiger partial charge in [0.1, 0.15) is 18.5 Å². The lowest BCUT2D eigenvalue weighted by Crippen LogP contribution is -2.52. The van der Waals surface area contributed by atoms with Crippen LogP contribution in [0.25, 0.3) is 11.0 Å². The average molecular weight is 735 g/mol. The number of piperazine rings is 1. The Balaban J connectivity index is 1.15. The molecule has 3 aliphatic heterocycles. The van der Waals surface area contributed by atoms with Crippen LogP contribution in [-0.2, 0) is 15.7 Å². The first-order valence-electron chi connectivity index (χ1n) is 17.0. The molecule has 11 nitrogen and oxygen atoms in total. The third-order valence-corrected chi connectivity index (χ3v) is 12.1. The molecule has 0 spiro atoms. The summed E-state index contributed by atoms with van der Waals surface area (Å²) in [6.07, 6.45) is 8.35. The van der Waals surface area contributed by atoms with Gasteiger partial charge in [0, 0.05) is 81.2 Å². The summed E-state index contributed by atoms with van der Waals surface area (Å²) in [7, 11) is -0.507. The topological polar surface area (TPSA) is 112 Å². The molecule has 2 N–H and O–H groups in total. The lowest BCUT2D eigenvalue weighted by atomic mass is 9.91. The summed E-state index contributed by atoms with van der Waals surface area (Å²) in [5.74, 6) is 1.36. The van der Waals surface area contributed by atoms with Crippen LogP contribution in [-0.4, -0.2) is 109 Å². The molecule has 2 aromatic heterocycles. The number of benzene rings is 2. The van der Waals surface area contributed by atoms with Gasteiger partial charge in [-0.25, -0.2) is 4.98 Å². The van der Waals surface area contributed by atoms with Gasteiger partial charge in [-0.15, -0.1) is 0 Å². The van der Waals surface area contributed by atoms with Crippen molar-refractivity contribution in [2.24, 2.45) is 0 Å². The van der Waals surface area contributed by atoms with Crippen LogP contribution in [0.4, 0.5) is 28.8 Å². The fourth-order valence-corrected chi connectivity index (χ4v) is 8.86. The molecule has 0 radical (unpaired) electrons. The largest absolute Gasteiger partial charge is 0.380 e. The van der Waals surface area contributed by atoms with Gasteiger partial charge in [0.05, 0.1) is 34.2 Å². The number of hydrogen-bond donors (Lipinski definition) is 2. The number of halogens is 1. The zero-order valence-corrected chi connectivity index (χ0v) is 30.7. The Morgan fingerprint density at radius 2 is 1.71 bits per heavy atom. The molecule has 5 heterocycles. The standard InChI is InChI=1S/C35H45BrN9O2P/c1-5-23-18-30(26(24-21-47-22-24)19-31(23)45-12-8-25(9-13-45)44-16-14-43(2)15-17-44)41-35-39-20-27(36)34(42-35)40-29-7-6-28-32(38-11-10-37-28)33(29)48(3,4)46/h6-7,10-11,18-20,24-25H,5,8-9,12-17,21-22H2,1-4H3,(H2,39,40,41,42). The molecule has 0 atom stereocenters. The highest BCUT2D eigenvalue weighted by molar-refractivity contribution is 9.10. The van der Waals surface area contributed by atoms with Gasteiger partial charge in [0.2, 0.25) is 5.95 Å². The Bertz CT molecular complexity index is 1830. The van der Waals surface area contributed by atoms with Crippen LogP contribution in [0.1, 0.15) is 36.8 Å². The van der Waals surface area contributed by atoms with Gasteiger partial charge in [-0.2, -0.15) is 4.98 Å². The lowest BCUT2D eigenvalue weighted by Gasteiger charge is -2.43. The average Bonchev–Trinajstić information content (AvgIpc) is 3.05. The summed E-state index contributed by atoms with van der Waals surface area (Å²) >= 11 is 3.63. The normalized spacial score (nSPS) is 18.6. The molecule has 3 fully saturated rings. The van der Waals surface area contributed by atoms with Crippen molar-refractivity contribution in [1.29, 1.82) is 0 Å². The lowest BCUT2D eigenvalue weighted by molar-refractivity contribution is 0.00870. The molecule has 48 heavy (non-hydrogen) atoms. The van der Waals surface area contributed by atoms with Crippen molar-refractivity contribution >= 4 is 68.2 Å².